The molecule has 0 fully saturated rings. The molecule has 1 aromatic heterocycles. The van der Waals surface area contributed by atoms with Crippen molar-refractivity contribution >= 4 is 39.9 Å². The fraction of sp³-hybridized carbons (Fsp3) is 0.115. The molecule has 276 valence electrons. The normalized spacial score (nSPS) is 15.2. The fourth-order valence-electron chi connectivity index (χ4n) is 7.12. The second-order valence-corrected chi connectivity index (χ2v) is 14.3. The Labute approximate surface area is 330 Å². The second kappa shape index (κ2) is 17.1. The Morgan fingerprint density at radius 2 is 1.46 bits per heavy atom. The van der Waals surface area contributed by atoms with Crippen LogP contribution in [-0.4, -0.2) is 11.7 Å². The number of amidine groups is 2. The minimum absolute atomic E-state index is 0.348. The van der Waals surface area contributed by atoms with E-state index in [4.69, 9.17) is 20.1 Å². The van der Waals surface area contributed by atoms with Gasteiger partial charge in [-0.05, 0) is 82.9 Å². The Kier molecular flexibility index (Phi) is 11.5. The van der Waals surface area contributed by atoms with Gasteiger partial charge in [-0.15, -0.1) is 0 Å². The Balaban J connectivity index is 1.26. The molecule has 0 aliphatic heterocycles. The van der Waals surface area contributed by atoms with Crippen LogP contribution in [0.5, 0.6) is 0 Å². The van der Waals surface area contributed by atoms with Crippen LogP contribution in [0.25, 0.3) is 39.3 Å². The molecule has 1 atom stereocenters. The lowest BCUT2D eigenvalue weighted by Crippen LogP contribution is -2.17. The molecule has 0 amide bonds. The SMILES string of the molecule is C=C/C=C(/c1ccccc1)c1oc2ccccc2c1CC(=NC(=C)/C(C)=C/c1ccccc1C)N=C(N)c1ccc(-c2ccc(C3=CC=CCC3C)cc2)cc1. The van der Waals surface area contributed by atoms with Crippen LogP contribution in [0.4, 0.5) is 0 Å². The lowest BCUT2D eigenvalue weighted by Gasteiger charge is -2.17. The highest BCUT2D eigenvalue weighted by molar-refractivity contribution is 6.07. The standard InChI is InChI=1S/C52H47N3O/c1-6-16-46(41-19-8-7-9-20-41)51-48(47-23-14-15-24-49(47)56-51)34-50(54-38(5)37(4)33-44-21-12-10-17-35(44)2)55-52(53)43-31-27-40(28-32-43)39-25-29-42(30-26-39)45-22-13-11-18-36(45)3/h6-17,19-33,36H,1,5,18,34H2,2-4H3,(H2,53,54,55)/b37-33+,46-16-. The third kappa shape index (κ3) is 8.46. The summed E-state index contributed by atoms with van der Waals surface area (Å²) in [6.45, 7) is 14.8. The van der Waals surface area contributed by atoms with E-state index in [1.54, 1.807) is 6.08 Å². The molecule has 56 heavy (non-hydrogen) atoms. The number of aryl methyl sites for hydroxylation is 1. The van der Waals surface area contributed by atoms with Crippen molar-refractivity contribution in [2.75, 3.05) is 0 Å². The zero-order valence-corrected chi connectivity index (χ0v) is 32.4. The molecule has 2 N–H and O–H groups in total. The summed E-state index contributed by atoms with van der Waals surface area (Å²) in [4.78, 5) is 10.1. The molecule has 4 nitrogen and oxygen atoms in total. The topological polar surface area (TPSA) is 63.9 Å². The molecule has 0 radical (unpaired) electrons. The van der Waals surface area contributed by atoms with Crippen LogP contribution >= 0.6 is 0 Å². The predicted octanol–water partition coefficient (Wildman–Crippen LogP) is 13.0. The average Bonchev–Trinajstić information content (AvgIpc) is 3.58. The summed E-state index contributed by atoms with van der Waals surface area (Å²) in [5.74, 6) is 2.13. The van der Waals surface area contributed by atoms with Gasteiger partial charge in [0.15, 0.2) is 0 Å². The number of rotatable bonds is 11. The lowest BCUT2D eigenvalue weighted by molar-refractivity contribution is 0.596. The van der Waals surface area contributed by atoms with Crippen molar-refractivity contribution < 1.29 is 4.42 Å². The van der Waals surface area contributed by atoms with Crippen LogP contribution in [0, 0.1) is 12.8 Å². The Morgan fingerprint density at radius 1 is 0.804 bits per heavy atom. The smallest absolute Gasteiger partial charge is 0.139 e. The van der Waals surface area contributed by atoms with E-state index in [0.29, 0.717) is 29.7 Å². The summed E-state index contributed by atoms with van der Waals surface area (Å²) in [5.41, 5.74) is 20.0. The molecule has 0 bridgehead atoms. The van der Waals surface area contributed by atoms with Gasteiger partial charge >= 0.3 is 0 Å². The predicted molar refractivity (Wildman–Crippen MR) is 239 cm³/mol. The van der Waals surface area contributed by atoms with E-state index in [2.05, 4.69) is 118 Å². The van der Waals surface area contributed by atoms with E-state index in [1.807, 2.05) is 73.7 Å². The van der Waals surface area contributed by atoms with Gasteiger partial charge in [0.2, 0.25) is 0 Å². The minimum Gasteiger partial charge on any atom is -0.456 e. The molecule has 0 spiro atoms. The highest BCUT2D eigenvalue weighted by atomic mass is 16.3. The first-order chi connectivity index (χ1) is 27.3. The summed E-state index contributed by atoms with van der Waals surface area (Å²) >= 11 is 0. The number of hydrogen-bond acceptors (Lipinski definition) is 2. The molecule has 0 saturated carbocycles. The number of nitrogens with zero attached hydrogens (tertiary/aromatic N) is 2. The maximum atomic E-state index is 6.84. The molecule has 7 rings (SSSR count). The van der Waals surface area contributed by atoms with E-state index >= 15 is 0 Å². The van der Waals surface area contributed by atoms with Crippen molar-refractivity contribution in [2.45, 2.75) is 33.6 Å². The molecule has 6 aromatic rings. The number of fused-ring (bicyclic) bond motifs is 1. The molecule has 1 aliphatic carbocycles. The van der Waals surface area contributed by atoms with Crippen molar-refractivity contribution in [3.8, 4) is 11.1 Å². The first-order valence-corrected chi connectivity index (χ1v) is 19.1. The fourth-order valence-corrected chi connectivity index (χ4v) is 7.12. The van der Waals surface area contributed by atoms with E-state index in [0.717, 1.165) is 67.7 Å². The number of para-hydroxylation sites is 1. The van der Waals surface area contributed by atoms with Gasteiger partial charge in [-0.1, -0.05) is 172 Å². The van der Waals surface area contributed by atoms with Gasteiger partial charge in [0.1, 0.15) is 23.0 Å². The van der Waals surface area contributed by atoms with Gasteiger partial charge in [0.05, 0.1) is 5.70 Å². The maximum Gasteiger partial charge on any atom is 0.139 e. The highest BCUT2D eigenvalue weighted by Crippen LogP contribution is 2.36. The number of nitrogens with two attached hydrogens (primary N) is 1. The van der Waals surface area contributed by atoms with E-state index < -0.39 is 0 Å². The quantitative estimate of drug-likeness (QED) is 0.0820. The summed E-state index contributed by atoms with van der Waals surface area (Å²) in [5, 5.41) is 0.980. The molecule has 1 unspecified atom stereocenters. The zero-order valence-electron chi connectivity index (χ0n) is 32.4. The Morgan fingerprint density at radius 3 is 2.18 bits per heavy atom. The van der Waals surface area contributed by atoms with Gasteiger partial charge in [-0.25, -0.2) is 9.98 Å². The van der Waals surface area contributed by atoms with Crippen LogP contribution < -0.4 is 5.73 Å². The van der Waals surface area contributed by atoms with Crippen LogP contribution in [0.3, 0.4) is 0 Å². The van der Waals surface area contributed by atoms with E-state index in [-0.39, 0.29) is 0 Å². The lowest BCUT2D eigenvalue weighted by atomic mass is 9.87. The van der Waals surface area contributed by atoms with Crippen LogP contribution in [-0.2, 0) is 6.42 Å². The Hall–Kier alpha value is -6.78. The van der Waals surface area contributed by atoms with Crippen LogP contribution in [0.15, 0.2) is 197 Å². The average molecular weight is 730 g/mol. The number of aliphatic imine (C=N–C) groups is 2. The first-order valence-electron chi connectivity index (χ1n) is 19.1. The highest BCUT2D eigenvalue weighted by Gasteiger charge is 2.21. The van der Waals surface area contributed by atoms with Crippen LogP contribution in [0.1, 0.15) is 59.4 Å². The molecule has 4 heteroatoms. The third-order valence-electron chi connectivity index (χ3n) is 10.3. The molecule has 5 aromatic carbocycles. The van der Waals surface area contributed by atoms with E-state index in [1.165, 1.54) is 16.7 Å². The molecular formula is C52H47N3O. The van der Waals surface area contributed by atoms with Gasteiger partial charge < -0.3 is 10.2 Å². The molecule has 1 aliphatic rings. The maximum absolute atomic E-state index is 6.84. The van der Waals surface area contributed by atoms with Crippen molar-refractivity contribution in [2.24, 2.45) is 21.6 Å². The second-order valence-electron chi connectivity index (χ2n) is 14.3. The van der Waals surface area contributed by atoms with Crippen molar-refractivity contribution in [3.05, 3.63) is 221 Å². The molecule has 1 heterocycles. The minimum atomic E-state index is 0.348. The number of hydrogen-bond donors (Lipinski definition) is 1. The summed E-state index contributed by atoms with van der Waals surface area (Å²) < 4.78 is 6.61. The van der Waals surface area contributed by atoms with Crippen molar-refractivity contribution in [3.63, 3.8) is 0 Å². The molecule has 0 saturated heterocycles. The van der Waals surface area contributed by atoms with Crippen LogP contribution in [0.2, 0.25) is 0 Å². The Bertz CT molecular complexity index is 2570. The third-order valence-corrected chi connectivity index (χ3v) is 10.3. The van der Waals surface area contributed by atoms with Gasteiger partial charge in [0.25, 0.3) is 0 Å². The van der Waals surface area contributed by atoms with Crippen molar-refractivity contribution in [1.29, 1.82) is 0 Å². The first kappa shape index (κ1) is 37.5. The van der Waals surface area contributed by atoms with Crippen molar-refractivity contribution in [1.82, 2.24) is 0 Å². The number of furan rings is 1. The van der Waals surface area contributed by atoms with Gasteiger partial charge in [-0.3, -0.25) is 0 Å². The zero-order chi connectivity index (χ0) is 39.0. The largest absolute Gasteiger partial charge is 0.456 e. The van der Waals surface area contributed by atoms with E-state index in [9.17, 15) is 0 Å². The number of allylic oxidation sites excluding steroid dienone is 7. The summed E-state index contributed by atoms with van der Waals surface area (Å²) in [7, 11) is 0. The molecular weight excluding hydrogens is 683 g/mol. The summed E-state index contributed by atoms with van der Waals surface area (Å²) in [6, 6.07) is 43.6. The van der Waals surface area contributed by atoms with Gasteiger partial charge in [-0.2, -0.15) is 0 Å². The number of benzene rings is 5. The summed E-state index contributed by atoms with van der Waals surface area (Å²) in [6.07, 6.45) is 13.9. The van der Waals surface area contributed by atoms with Gasteiger partial charge in [0, 0.05) is 28.5 Å². The monoisotopic (exact) mass is 729 g/mol.